The molecule has 1 atom stereocenters. The molecule has 1 aliphatic heterocycles. The van der Waals surface area contributed by atoms with Crippen LogP contribution in [0.25, 0.3) is 5.69 Å². The highest BCUT2D eigenvalue weighted by Crippen LogP contribution is 2.34. The summed E-state index contributed by atoms with van der Waals surface area (Å²) < 4.78 is 1.79. The van der Waals surface area contributed by atoms with Crippen molar-refractivity contribution in [1.29, 1.82) is 0 Å². The minimum absolute atomic E-state index is 0.109. The van der Waals surface area contributed by atoms with Crippen LogP contribution in [0.15, 0.2) is 60.9 Å². The summed E-state index contributed by atoms with van der Waals surface area (Å²) in [5, 5.41) is 4.23. The van der Waals surface area contributed by atoms with Crippen LogP contribution in [0.4, 0.5) is 0 Å². The summed E-state index contributed by atoms with van der Waals surface area (Å²) in [6.45, 7) is 5.07. The number of benzene rings is 2. The van der Waals surface area contributed by atoms with Gasteiger partial charge in [-0.2, -0.15) is 5.10 Å². The molecule has 1 unspecified atom stereocenters. The van der Waals surface area contributed by atoms with Gasteiger partial charge >= 0.3 is 0 Å². The first-order valence-corrected chi connectivity index (χ1v) is 9.12. The standard InChI is InChI=1S/C22H23N3O/c1-16-6-7-19(15-17(16)2)21-5-3-13-24(21)22(26)18-8-10-20(11-9-18)25-14-4-12-23-25/h4,6-12,14-15,21H,3,5,13H2,1-2H3. The van der Waals surface area contributed by atoms with Gasteiger partial charge in [0, 0.05) is 24.5 Å². The average molecular weight is 345 g/mol. The number of likely N-dealkylation sites (tertiary alicyclic amines) is 1. The van der Waals surface area contributed by atoms with Crippen molar-refractivity contribution in [2.75, 3.05) is 6.54 Å². The third-order valence-electron chi connectivity index (χ3n) is 5.31. The van der Waals surface area contributed by atoms with E-state index in [-0.39, 0.29) is 11.9 Å². The smallest absolute Gasteiger partial charge is 0.254 e. The largest absolute Gasteiger partial charge is 0.332 e. The van der Waals surface area contributed by atoms with Crippen LogP contribution >= 0.6 is 0 Å². The van der Waals surface area contributed by atoms with Crippen molar-refractivity contribution in [2.24, 2.45) is 0 Å². The fourth-order valence-electron chi connectivity index (χ4n) is 3.67. The molecule has 0 saturated carbocycles. The molecule has 0 spiro atoms. The summed E-state index contributed by atoms with van der Waals surface area (Å²) in [5.41, 5.74) is 5.51. The lowest BCUT2D eigenvalue weighted by molar-refractivity contribution is 0.0735. The number of nitrogens with zero attached hydrogens (tertiary/aromatic N) is 3. The third-order valence-corrected chi connectivity index (χ3v) is 5.31. The number of aryl methyl sites for hydroxylation is 2. The van der Waals surface area contributed by atoms with Gasteiger partial charge in [0.25, 0.3) is 5.91 Å². The number of rotatable bonds is 3. The minimum atomic E-state index is 0.109. The molecule has 26 heavy (non-hydrogen) atoms. The van der Waals surface area contributed by atoms with E-state index in [1.54, 1.807) is 10.9 Å². The lowest BCUT2D eigenvalue weighted by Gasteiger charge is -2.26. The van der Waals surface area contributed by atoms with Crippen LogP contribution in [0.1, 0.15) is 45.9 Å². The predicted octanol–water partition coefficient (Wildman–Crippen LogP) is 4.47. The van der Waals surface area contributed by atoms with Crippen LogP contribution in [-0.2, 0) is 0 Å². The van der Waals surface area contributed by atoms with Gasteiger partial charge < -0.3 is 4.90 Å². The van der Waals surface area contributed by atoms with Crippen molar-refractivity contribution in [3.8, 4) is 5.69 Å². The molecule has 2 aromatic carbocycles. The van der Waals surface area contributed by atoms with Crippen molar-refractivity contribution in [3.05, 3.63) is 83.2 Å². The Hall–Kier alpha value is -2.88. The van der Waals surface area contributed by atoms with Crippen molar-refractivity contribution in [2.45, 2.75) is 32.7 Å². The molecule has 0 radical (unpaired) electrons. The van der Waals surface area contributed by atoms with E-state index in [9.17, 15) is 4.79 Å². The van der Waals surface area contributed by atoms with E-state index >= 15 is 0 Å². The van der Waals surface area contributed by atoms with Gasteiger partial charge in [-0.15, -0.1) is 0 Å². The van der Waals surface area contributed by atoms with Crippen LogP contribution in [-0.4, -0.2) is 27.1 Å². The number of hydrogen-bond acceptors (Lipinski definition) is 2. The molecule has 1 saturated heterocycles. The van der Waals surface area contributed by atoms with E-state index in [1.807, 2.05) is 41.4 Å². The molecule has 132 valence electrons. The molecular formula is C22H23N3O. The van der Waals surface area contributed by atoms with Gasteiger partial charge in [0.1, 0.15) is 0 Å². The molecule has 4 nitrogen and oxygen atoms in total. The highest BCUT2D eigenvalue weighted by atomic mass is 16.2. The Kier molecular flexibility index (Phi) is 4.33. The fraction of sp³-hybridized carbons (Fsp3) is 0.273. The first-order valence-electron chi connectivity index (χ1n) is 9.12. The molecular weight excluding hydrogens is 322 g/mol. The summed E-state index contributed by atoms with van der Waals surface area (Å²) in [6.07, 6.45) is 5.72. The zero-order valence-corrected chi connectivity index (χ0v) is 15.2. The average Bonchev–Trinajstić information content (AvgIpc) is 3.35. The van der Waals surface area contributed by atoms with Crippen molar-refractivity contribution in [3.63, 3.8) is 0 Å². The maximum absolute atomic E-state index is 13.1. The topological polar surface area (TPSA) is 38.1 Å². The van der Waals surface area contributed by atoms with Crippen LogP contribution in [0, 0.1) is 13.8 Å². The van der Waals surface area contributed by atoms with Gasteiger partial charge in [-0.05, 0) is 73.7 Å². The highest BCUT2D eigenvalue weighted by Gasteiger charge is 2.30. The Labute approximate surface area is 154 Å². The number of carbonyl (C=O) groups excluding carboxylic acids is 1. The second-order valence-corrected chi connectivity index (χ2v) is 7.00. The Balaban J connectivity index is 1.57. The Morgan fingerprint density at radius 3 is 2.58 bits per heavy atom. The summed E-state index contributed by atoms with van der Waals surface area (Å²) in [5.74, 6) is 0.109. The molecule has 0 bridgehead atoms. The predicted molar refractivity (Wildman–Crippen MR) is 102 cm³/mol. The quantitative estimate of drug-likeness (QED) is 0.702. The molecule has 3 aromatic rings. The zero-order chi connectivity index (χ0) is 18.1. The van der Waals surface area contributed by atoms with Gasteiger partial charge in [0.15, 0.2) is 0 Å². The molecule has 1 aliphatic rings. The van der Waals surface area contributed by atoms with E-state index in [0.29, 0.717) is 0 Å². The summed E-state index contributed by atoms with van der Waals surface area (Å²) in [6, 6.07) is 16.3. The van der Waals surface area contributed by atoms with Gasteiger partial charge in [0.05, 0.1) is 11.7 Å². The normalized spacial score (nSPS) is 16.8. The van der Waals surface area contributed by atoms with Crippen LogP contribution in [0.5, 0.6) is 0 Å². The van der Waals surface area contributed by atoms with Crippen LogP contribution < -0.4 is 0 Å². The number of hydrogen-bond donors (Lipinski definition) is 0. The van der Waals surface area contributed by atoms with E-state index in [2.05, 4.69) is 37.1 Å². The first kappa shape index (κ1) is 16.6. The number of amides is 1. The maximum atomic E-state index is 13.1. The molecule has 1 amide bonds. The van der Waals surface area contributed by atoms with Gasteiger partial charge in [-0.3, -0.25) is 4.79 Å². The van der Waals surface area contributed by atoms with E-state index in [1.165, 1.54) is 16.7 Å². The second kappa shape index (κ2) is 6.79. The van der Waals surface area contributed by atoms with Gasteiger partial charge in [-0.25, -0.2) is 4.68 Å². The molecule has 1 aromatic heterocycles. The minimum Gasteiger partial charge on any atom is -0.332 e. The monoisotopic (exact) mass is 345 g/mol. The Bertz CT molecular complexity index is 913. The zero-order valence-electron chi connectivity index (χ0n) is 15.2. The van der Waals surface area contributed by atoms with Gasteiger partial charge in [0.2, 0.25) is 0 Å². The third kappa shape index (κ3) is 3.03. The molecule has 4 heteroatoms. The summed E-state index contributed by atoms with van der Waals surface area (Å²) in [4.78, 5) is 15.1. The lowest BCUT2D eigenvalue weighted by Crippen LogP contribution is -2.30. The number of carbonyl (C=O) groups is 1. The fourth-order valence-corrected chi connectivity index (χ4v) is 3.67. The van der Waals surface area contributed by atoms with E-state index in [0.717, 1.165) is 30.6 Å². The molecule has 2 heterocycles. The Morgan fingerprint density at radius 2 is 1.88 bits per heavy atom. The number of aromatic nitrogens is 2. The van der Waals surface area contributed by atoms with Gasteiger partial charge in [-0.1, -0.05) is 18.2 Å². The molecule has 0 N–H and O–H groups in total. The SMILES string of the molecule is Cc1ccc(C2CCCN2C(=O)c2ccc(-n3cccn3)cc2)cc1C. The lowest BCUT2D eigenvalue weighted by atomic mass is 9.99. The molecule has 0 aliphatic carbocycles. The molecule has 1 fully saturated rings. The van der Waals surface area contributed by atoms with Crippen LogP contribution in [0.2, 0.25) is 0 Å². The van der Waals surface area contributed by atoms with Crippen LogP contribution in [0.3, 0.4) is 0 Å². The second-order valence-electron chi connectivity index (χ2n) is 7.00. The van der Waals surface area contributed by atoms with E-state index in [4.69, 9.17) is 0 Å². The van der Waals surface area contributed by atoms with Crippen molar-refractivity contribution in [1.82, 2.24) is 14.7 Å². The van der Waals surface area contributed by atoms with Crippen molar-refractivity contribution >= 4 is 5.91 Å². The Morgan fingerprint density at radius 1 is 1.08 bits per heavy atom. The first-order chi connectivity index (χ1) is 12.6. The van der Waals surface area contributed by atoms with Crippen molar-refractivity contribution < 1.29 is 4.79 Å². The van der Waals surface area contributed by atoms with E-state index < -0.39 is 0 Å². The molecule has 4 rings (SSSR count). The maximum Gasteiger partial charge on any atom is 0.254 e. The summed E-state index contributed by atoms with van der Waals surface area (Å²) >= 11 is 0. The summed E-state index contributed by atoms with van der Waals surface area (Å²) in [7, 11) is 0. The highest BCUT2D eigenvalue weighted by molar-refractivity contribution is 5.94.